The number of aryl methyl sites for hydroxylation is 2. The third-order valence-corrected chi connectivity index (χ3v) is 5.59. The fraction of sp³-hybridized carbons (Fsp3) is 0.269. The first-order chi connectivity index (χ1) is 16.8. The molecule has 9 nitrogen and oxygen atoms in total. The summed E-state index contributed by atoms with van der Waals surface area (Å²) in [5.41, 5.74) is 2.56. The van der Waals surface area contributed by atoms with Gasteiger partial charge in [-0.05, 0) is 50.6 Å². The lowest BCUT2D eigenvalue weighted by Gasteiger charge is -2.15. The van der Waals surface area contributed by atoms with Crippen molar-refractivity contribution in [2.45, 2.75) is 27.3 Å². The summed E-state index contributed by atoms with van der Waals surface area (Å²) in [6.45, 7) is 5.97. The number of rotatable bonds is 6. The number of hydrogen-bond donors (Lipinski definition) is 0. The highest BCUT2D eigenvalue weighted by Gasteiger charge is 2.20. The van der Waals surface area contributed by atoms with E-state index in [4.69, 9.17) is 14.5 Å². The average molecular weight is 475 g/mol. The molecule has 180 valence electrons. The fourth-order valence-electron chi connectivity index (χ4n) is 3.90. The number of ether oxygens (including phenoxy) is 2. The summed E-state index contributed by atoms with van der Waals surface area (Å²) in [7, 11) is 1.54. The minimum Gasteiger partial charge on any atom is -0.462 e. The molecule has 1 amide bonds. The van der Waals surface area contributed by atoms with Crippen molar-refractivity contribution in [3.63, 3.8) is 0 Å². The van der Waals surface area contributed by atoms with Gasteiger partial charge in [-0.15, -0.1) is 0 Å². The number of aromatic nitrogens is 3. The third-order valence-electron chi connectivity index (χ3n) is 5.59. The highest BCUT2D eigenvalue weighted by atomic mass is 16.5. The van der Waals surface area contributed by atoms with Gasteiger partial charge in [0.2, 0.25) is 0 Å². The zero-order valence-corrected chi connectivity index (χ0v) is 20.1. The lowest BCUT2D eigenvalue weighted by Crippen LogP contribution is -2.33. The van der Waals surface area contributed by atoms with E-state index in [1.807, 2.05) is 26.0 Å². The monoisotopic (exact) mass is 474 g/mol. The van der Waals surface area contributed by atoms with Gasteiger partial charge in [-0.2, -0.15) is 4.99 Å². The van der Waals surface area contributed by atoms with E-state index in [9.17, 15) is 14.4 Å². The van der Waals surface area contributed by atoms with Gasteiger partial charge in [0.25, 0.3) is 11.5 Å². The molecule has 3 heterocycles. The number of esters is 1. The molecule has 0 saturated heterocycles. The molecular formula is C26H26N4O5. The number of pyridine rings is 2. The van der Waals surface area contributed by atoms with Crippen LogP contribution in [0.25, 0.3) is 16.7 Å². The molecule has 3 aromatic heterocycles. The maximum Gasteiger partial charge on any atom is 0.341 e. The van der Waals surface area contributed by atoms with E-state index in [1.54, 1.807) is 42.0 Å². The molecule has 0 unspecified atom stereocenters. The minimum atomic E-state index is -0.690. The van der Waals surface area contributed by atoms with E-state index in [2.05, 4.69) is 4.99 Å². The van der Waals surface area contributed by atoms with Crippen LogP contribution in [-0.4, -0.2) is 46.2 Å². The fourth-order valence-corrected chi connectivity index (χ4v) is 3.90. The van der Waals surface area contributed by atoms with Gasteiger partial charge >= 0.3 is 5.97 Å². The molecule has 0 aliphatic heterocycles. The number of benzene rings is 1. The summed E-state index contributed by atoms with van der Waals surface area (Å²) in [5.74, 6) is -1.22. The minimum absolute atomic E-state index is 0.00274. The van der Waals surface area contributed by atoms with Gasteiger partial charge in [0.15, 0.2) is 5.49 Å². The van der Waals surface area contributed by atoms with E-state index in [1.165, 1.54) is 17.6 Å². The Hall–Kier alpha value is -4.11. The van der Waals surface area contributed by atoms with Crippen molar-refractivity contribution in [3.8, 4) is 0 Å². The highest BCUT2D eigenvalue weighted by molar-refractivity contribution is 5.97. The molecule has 0 N–H and O–H groups in total. The first-order valence-corrected chi connectivity index (χ1v) is 11.2. The number of fused-ring (bicyclic) bond motifs is 2. The van der Waals surface area contributed by atoms with Crippen LogP contribution in [0.15, 0.2) is 58.4 Å². The van der Waals surface area contributed by atoms with Crippen molar-refractivity contribution in [1.29, 1.82) is 0 Å². The van der Waals surface area contributed by atoms with Crippen molar-refractivity contribution in [2.75, 3.05) is 20.3 Å². The maximum atomic E-state index is 13.4. The van der Waals surface area contributed by atoms with Crippen molar-refractivity contribution in [1.82, 2.24) is 14.0 Å². The molecule has 4 aromatic rings. The van der Waals surface area contributed by atoms with Crippen LogP contribution in [-0.2, 0) is 16.0 Å². The Balaban J connectivity index is 2.14. The molecule has 1 aromatic carbocycles. The van der Waals surface area contributed by atoms with E-state index >= 15 is 0 Å². The predicted molar refractivity (Wildman–Crippen MR) is 131 cm³/mol. The molecule has 0 fully saturated rings. The van der Waals surface area contributed by atoms with Crippen LogP contribution in [0.1, 0.15) is 38.8 Å². The standard InChI is InChI=1S/C26H26N4O5/c1-5-35-26(33)20-15-19-22(27-21-17(3)9-7-11-30(21)25(19)32)29(12-13-34-4)23(20)28-24(31)18-10-6-8-16(2)14-18/h6-11,14-15H,5,12-13H2,1-4H3. The van der Waals surface area contributed by atoms with Crippen LogP contribution in [0.4, 0.5) is 0 Å². The second-order valence-electron chi connectivity index (χ2n) is 8.07. The van der Waals surface area contributed by atoms with Crippen LogP contribution >= 0.6 is 0 Å². The summed E-state index contributed by atoms with van der Waals surface area (Å²) in [6, 6.07) is 12.0. The molecule has 0 bridgehead atoms. The number of carbonyl (C=O) groups is 2. The van der Waals surface area contributed by atoms with Crippen molar-refractivity contribution in [3.05, 3.63) is 86.8 Å². The Morgan fingerprint density at radius 1 is 1.09 bits per heavy atom. The van der Waals surface area contributed by atoms with Crippen LogP contribution < -0.4 is 11.0 Å². The lowest BCUT2D eigenvalue weighted by molar-refractivity contribution is 0.0523. The summed E-state index contributed by atoms with van der Waals surface area (Å²) in [4.78, 5) is 48.6. The van der Waals surface area contributed by atoms with Crippen LogP contribution in [0.3, 0.4) is 0 Å². The lowest BCUT2D eigenvalue weighted by atomic mass is 10.1. The Morgan fingerprint density at radius 3 is 2.60 bits per heavy atom. The van der Waals surface area contributed by atoms with Gasteiger partial charge in [-0.1, -0.05) is 23.8 Å². The summed E-state index contributed by atoms with van der Waals surface area (Å²) >= 11 is 0. The average Bonchev–Trinajstić information content (AvgIpc) is 2.84. The van der Waals surface area contributed by atoms with Gasteiger partial charge in [0.05, 0.1) is 18.6 Å². The zero-order valence-electron chi connectivity index (χ0n) is 20.1. The van der Waals surface area contributed by atoms with Gasteiger partial charge < -0.3 is 14.0 Å². The number of amides is 1. The summed E-state index contributed by atoms with van der Waals surface area (Å²) in [6.07, 6.45) is 1.63. The molecule has 0 saturated carbocycles. The third kappa shape index (κ3) is 4.63. The molecule has 0 atom stereocenters. The smallest absolute Gasteiger partial charge is 0.341 e. The number of nitrogens with zero attached hydrogens (tertiary/aromatic N) is 4. The second kappa shape index (κ2) is 10.0. The van der Waals surface area contributed by atoms with E-state index in [0.717, 1.165) is 11.1 Å². The molecule has 0 spiro atoms. The molecule has 0 radical (unpaired) electrons. The molecule has 0 aliphatic rings. The van der Waals surface area contributed by atoms with Crippen molar-refractivity contribution in [2.24, 2.45) is 4.99 Å². The normalized spacial score (nSPS) is 11.8. The largest absolute Gasteiger partial charge is 0.462 e. The number of hydrogen-bond acceptors (Lipinski definition) is 6. The highest BCUT2D eigenvalue weighted by Crippen LogP contribution is 2.14. The summed E-state index contributed by atoms with van der Waals surface area (Å²) in [5, 5.41) is 0.203. The van der Waals surface area contributed by atoms with Crippen molar-refractivity contribution < 1.29 is 19.1 Å². The Labute approximate surface area is 201 Å². The first-order valence-electron chi connectivity index (χ1n) is 11.2. The topological polar surface area (TPSA) is 104 Å². The van der Waals surface area contributed by atoms with E-state index < -0.39 is 11.9 Å². The number of methoxy groups -OCH3 is 1. The molecular weight excluding hydrogens is 448 g/mol. The Bertz CT molecular complexity index is 1580. The van der Waals surface area contributed by atoms with E-state index in [-0.39, 0.29) is 41.8 Å². The van der Waals surface area contributed by atoms with Crippen molar-refractivity contribution >= 4 is 28.6 Å². The molecule has 4 rings (SSSR count). The van der Waals surface area contributed by atoms with Gasteiger partial charge in [0.1, 0.15) is 16.9 Å². The Morgan fingerprint density at radius 2 is 1.89 bits per heavy atom. The van der Waals surface area contributed by atoms with E-state index in [0.29, 0.717) is 16.9 Å². The predicted octanol–water partition coefficient (Wildman–Crippen LogP) is 2.83. The summed E-state index contributed by atoms with van der Waals surface area (Å²) < 4.78 is 13.5. The quantitative estimate of drug-likeness (QED) is 0.314. The van der Waals surface area contributed by atoms with Crippen LogP contribution in [0.2, 0.25) is 0 Å². The molecule has 0 aliphatic carbocycles. The molecule has 9 heteroatoms. The van der Waals surface area contributed by atoms with Crippen LogP contribution in [0, 0.1) is 13.8 Å². The van der Waals surface area contributed by atoms with Gasteiger partial charge in [0, 0.05) is 25.4 Å². The van der Waals surface area contributed by atoms with Gasteiger partial charge in [-0.3, -0.25) is 14.0 Å². The zero-order chi connectivity index (χ0) is 25.1. The Kier molecular flexibility index (Phi) is 6.88. The number of carbonyl (C=O) groups excluding carboxylic acids is 2. The maximum absolute atomic E-state index is 13.4. The van der Waals surface area contributed by atoms with Crippen LogP contribution in [0.5, 0.6) is 0 Å². The second-order valence-corrected chi connectivity index (χ2v) is 8.07. The molecule has 35 heavy (non-hydrogen) atoms. The first kappa shape index (κ1) is 24.0. The SMILES string of the molecule is CCOC(=O)c1cc2c(=O)n3cccc(C)c3nc2n(CCOC)c1=NC(=O)c1cccc(C)c1. The van der Waals surface area contributed by atoms with Gasteiger partial charge in [-0.25, -0.2) is 9.78 Å².